The Kier molecular flexibility index (Phi) is 6.22. The molecule has 0 amide bonds. The van der Waals surface area contributed by atoms with Crippen molar-refractivity contribution in [3.63, 3.8) is 0 Å². The number of unbranched alkanes of at least 4 members (excludes halogenated alkanes) is 1. The van der Waals surface area contributed by atoms with Gasteiger partial charge in [0, 0.05) is 19.6 Å². The molecule has 4 nitrogen and oxygen atoms in total. The van der Waals surface area contributed by atoms with Crippen molar-refractivity contribution in [1.82, 2.24) is 14.7 Å². The second-order valence-corrected chi connectivity index (χ2v) is 4.45. The fourth-order valence-electron chi connectivity index (χ4n) is 2.02. The summed E-state index contributed by atoms with van der Waals surface area (Å²) in [6, 6.07) is 2.14. The number of aliphatic hydroxyl groups is 1. The van der Waals surface area contributed by atoms with Gasteiger partial charge in [-0.05, 0) is 32.9 Å². The van der Waals surface area contributed by atoms with Gasteiger partial charge in [-0.15, -0.1) is 0 Å². The lowest BCUT2D eigenvalue weighted by molar-refractivity contribution is 0.185. The predicted octanol–water partition coefficient (Wildman–Crippen LogP) is 1.81. The summed E-state index contributed by atoms with van der Waals surface area (Å²) in [4.78, 5) is 2.30. The van der Waals surface area contributed by atoms with Crippen molar-refractivity contribution in [3.8, 4) is 0 Å². The van der Waals surface area contributed by atoms with Gasteiger partial charge in [0.15, 0.2) is 0 Å². The molecule has 0 radical (unpaired) electrons. The van der Waals surface area contributed by atoms with Gasteiger partial charge in [-0.1, -0.05) is 13.3 Å². The molecule has 98 valence electrons. The molecule has 0 unspecified atom stereocenters. The molecule has 0 saturated heterocycles. The summed E-state index contributed by atoms with van der Waals surface area (Å²) in [7, 11) is 0. The average molecular weight is 239 g/mol. The van der Waals surface area contributed by atoms with Gasteiger partial charge in [0.25, 0.3) is 0 Å². The standard InChI is InChI=1S/C13H25N3O/c1-4-6-7-15(8-9-17)11-13-10-12(3)14-16(13)5-2/h10,17H,4-9,11H2,1-3H3. The Balaban J connectivity index is 2.63. The van der Waals surface area contributed by atoms with Gasteiger partial charge in [0.05, 0.1) is 18.0 Å². The lowest BCUT2D eigenvalue weighted by atomic mass is 10.3. The zero-order valence-corrected chi connectivity index (χ0v) is 11.3. The number of aromatic nitrogens is 2. The van der Waals surface area contributed by atoms with Crippen molar-refractivity contribution in [2.24, 2.45) is 0 Å². The van der Waals surface area contributed by atoms with Crippen LogP contribution in [0.4, 0.5) is 0 Å². The Bertz CT molecular complexity index is 322. The van der Waals surface area contributed by atoms with Crippen LogP contribution in [0.1, 0.15) is 38.1 Å². The molecule has 0 aliphatic rings. The number of aliphatic hydroxyl groups excluding tert-OH is 1. The van der Waals surface area contributed by atoms with Crippen LogP contribution in [0.15, 0.2) is 6.07 Å². The minimum atomic E-state index is 0.225. The van der Waals surface area contributed by atoms with Crippen molar-refractivity contribution in [3.05, 3.63) is 17.5 Å². The highest BCUT2D eigenvalue weighted by molar-refractivity contribution is 5.08. The van der Waals surface area contributed by atoms with E-state index in [0.29, 0.717) is 0 Å². The maximum Gasteiger partial charge on any atom is 0.0597 e. The SMILES string of the molecule is CCCCN(CCO)Cc1cc(C)nn1CC. The molecule has 0 saturated carbocycles. The second-order valence-electron chi connectivity index (χ2n) is 4.45. The number of aryl methyl sites for hydroxylation is 2. The van der Waals surface area contributed by atoms with E-state index in [0.717, 1.165) is 31.9 Å². The van der Waals surface area contributed by atoms with Gasteiger partial charge < -0.3 is 5.11 Å². The van der Waals surface area contributed by atoms with E-state index in [1.165, 1.54) is 18.5 Å². The molecule has 0 spiro atoms. The van der Waals surface area contributed by atoms with Gasteiger partial charge >= 0.3 is 0 Å². The first-order valence-corrected chi connectivity index (χ1v) is 6.57. The van der Waals surface area contributed by atoms with Crippen LogP contribution in [0.3, 0.4) is 0 Å². The summed E-state index contributed by atoms with van der Waals surface area (Å²) in [5.74, 6) is 0. The third-order valence-electron chi connectivity index (χ3n) is 2.91. The maximum atomic E-state index is 9.08. The molecular formula is C13H25N3O. The van der Waals surface area contributed by atoms with E-state index in [-0.39, 0.29) is 6.61 Å². The van der Waals surface area contributed by atoms with Crippen LogP contribution in [0, 0.1) is 6.92 Å². The van der Waals surface area contributed by atoms with Crippen LogP contribution in [-0.2, 0) is 13.1 Å². The van der Waals surface area contributed by atoms with Crippen LogP contribution in [0.5, 0.6) is 0 Å². The molecule has 0 aromatic carbocycles. The Labute approximate surface area is 104 Å². The fraction of sp³-hybridized carbons (Fsp3) is 0.769. The number of hydrogen-bond donors (Lipinski definition) is 1. The summed E-state index contributed by atoms with van der Waals surface area (Å²) < 4.78 is 2.05. The topological polar surface area (TPSA) is 41.3 Å². The number of hydrogen-bond acceptors (Lipinski definition) is 3. The lowest BCUT2D eigenvalue weighted by Gasteiger charge is -2.21. The molecule has 0 aliphatic carbocycles. The lowest BCUT2D eigenvalue weighted by Crippen LogP contribution is -2.28. The van der Waals surface area contributed by atoms with Crippen LogP contribution in [0.25, 0.3) is 0 Å². The van der Waals surface area contributed by atoms with Gasteiger partial charge in [-0.3, -0.25) is 9.58 Å². The molecule has 0 bridgehead atoms. The highest BCUT2D eigenvalue weighted by Crippen LogP contribution is 2.08. The first kappa shape index (κ1) is 14.2. The summed E-state index contributed by atoms with van der Waals surface area (Å²) in [6.45, 7) is 10.1. The quantitative estimate of drug-likeness (QED) is 0.752. The minimum absolute atomic E-state index is 0.225. The zero-order valence-electron chi connectivity index (χ0n) is 11.3. The van der Waals surface area contributed by atoms with E-state index < -0.39 is 0 Å². The van der Waals surface area contributed by atoms with Crippen molar-refractivity contribution in [2.75, 3.05) is 19.7 Å². The zero-order chi connectivity index (χ0) is 12.7. The Morgan fingerprint density at radius 3 is 2.71 bits per heavy atom. The fourth-order valence-corrected chi connectivity index (χ4v) is 2.02. The largest absolute Gasteiger partial charge is 0.395 e. The molecule has 0 fully saturated rings. The van der Waals surface area contributed by atoms with E-state index in [2.05, 4.69) is 29.9 Å². The molecule has 1 rings (SSSR count). The van der Waals surface area contributed by atoms with Crippen LogP contribution in [-0.4, -0.2) is 39.5 Å². The van der Waals surface area contributed by atoms with Gasteiger partial charge in [-0.2, -0.15) is 5.10 Å². The van der Waals surface area contributed by atoms with E-state index in [4.69, 9.17) is 5.11 Å². The molecule has 17 heavy (non-hydrogen) atoms. The number of nitrogens with zero attached hydrogens (tertiary/aromatic N) is 3. The maximum absolute atomic E-state index is 9.08. The summed E-state index contributed by atoms with van der Waals surface area (Å²) in [5.41, 5.74) is 2.32. The highest BCUT2D eigenvalue weighted by Gasteiger charge is 2.09. The first-order valence-electron chi connectivity index (χ1n) is 6.57. The molecule has 0 atom stereocenters. The molecule has 1 aromatic rings. The van der Waals surface area contributed by atoms with Crippen LogP contribution < -0.4 is 0 Å². The molecule has 1 aromatic heterocycles. The average Bonchev–Trinajstić information content (AvgIpc) is 2.66. The monoisotopic (exact) mass is 239 g/mol. The summed E-state index contributed by atoms with van der Waals surface area (Å²) >= 11 is 0. The van der Waals surface area contributed by atoms with Crippen molar-refractivity contribution in [1.29, 1.82) is 0 Å². The normalized spacial score (nSPS) is 11.4. The van der Waals surface area contributed by atoms with Crippen molar-refractivity contribution < 1.29 is 5.11 Å². The van der Waals surface area contributed by atoms with E-state index in [1.807, 2.05) is 11.6 Å². The summed E-state index contributed by atoms with van der Waals surface area (Å²) in [5, 5.41) is 13.5. The Morgan fingerprint density at radius 1 is 1.35 bits per heavy atom. The summed E-state index contributed by atoms with van der Waals surface area (Å²) in [6.07, 6.45) is 2.37. The molecule has 1 heterocycles. The second kappa shape index (κ2) is 7.45. The Hall–Kier alpha value is -0.870. The van der Waals surface area contributed by atoms with Gasteiger partial charge in [0.1, 0.15) is 0 Å². The Morgan fingerprint density at radius 2 is 2.12 bits per heavy atom. The first-order chi connectivity index (χ1) is 8.21. The van der Waals surface area contributed by atoms with E-state index in [1.54, 1.807) is 0 Å². The highest BCUT2D eigenvalue weighted by atomic mass is 16.3. The van der Waals surface area contributed by atoms with Crippen molar-refractivity contribution in [2.45, 2.75) is 46.7 Å². The molecule has 0 aliphatic heterocycles. The van der Waals surface area contributed by atoms with E-state index >= 15 is 0 Å². The van der Waals surface area contributed by atoms with Crippen LogP contribution in [0.2, 0.25) is 0 Å². The third kappa shape index (κ3) is 4.48. The smallest absolute Gasteiger partial charge is 0.0597 e. The van der Waals surface area contributed by atoms with Crippen LogP contribution >= 0.6 is 0 Å². The van der Waals surface area contributed by atoms with Gasteiger partial charge in [0.2, 0.25) is 0 Å². The molecular weight excluding hydrogens is 214 g/mol. The van der Waals surface area contributed by atoms with Gasteiger partial charge in [-0.25, -0.2) is 0 Å². The van der Waals surface area contributed by atoms with Crippen molar-refractivity contribution >= 4 is 0 Å². The molecule has 1 N–H and O–H groups in total. The third-order valence-corrected chi connectivity index (χ3v) is 2.91. The minimum Gasteiger partial charge on any atom is -0.395 e. The number of rotatable bonds is 8. The van der Waals surface area contributed by atoms with E-state index in [9.17, 15) is 0 Å². The molecule has 4 heteroatoms. The predicted molar refractivity (Wildman–Crippen MR) is 69.9 cm³/mol.